The zero-order valence-electron chi connectivity index (χ0n) is 6.26. The zero-order valence-corrected chi connectivity index (χ0v) is 6.26. The van der Waals surface area contributed by atoms with Crippen molar-refractivity contribution in [3.63, 3.8) is 0 Å². The maximum Gasteiger partial charge on any atom is 0.241 e. The predicted molar refractivity (Wildman–Crippen MR) is 39.6 cm³/mol. The van der Waals surface area contributed by atoms with E-state index in [0.717, 1.165) is 5.71 Å². The smallest absolute Gasteiger partial charge is 0.241 e. The summed E-state index contributed by atoms with van der Waals surface area (Å²) in [7, 11) is 0. The molecule has 0 amide bonds. The second-order valence-corrected chi connectivity index (χ2v) is 2.87. The minimum atomic E-state index is -2.17. The van der Waals surface area contributed by atoms with Crippen molar-refractivity contribution in [1.29, 1.82) is 0 Å². The van der Waals surface area contributed by atoms with E-state index in [1.807, 2.05) is 0 Å². The number of rotatable bonds is 1. The Balaban J connectivity index is 2.36. The Bertz CT molecular complexity index is 147. The lowest BCUT2D eigenvalue weighted by molar-refractivity contribution is 0.0664. The molecule has 1 aliphatic rings. The second-order valence-electron chi connectivity index (χ2n) is 2.87. The van der Waals surface area contributed by atoms with Crippen molar-refractivity contribution in [2.45, 2.75) is 32.1 Å². The third-order valence-electron chi connectivity index (χ3n) is 2.15. The first-order chi connectivity index (χ1) is 5.24. The molecule has 1 saturated carbocycles. The standard InChI is InChI=1S/C7H12F2N2/c8-7(9)5-1-3-6(11-10)4-2-5/h5,7H,1-4,10H2. The first-order valence-corrected chi connectivity index (χ1v) is 3.78. The minimum Gasteiger partial charge on any atom is -0.323 e. The number of nitrogens with two attached hydrogens (primary N) is 1. The van der Waals surface area contributed by atoms with Gasteiger partial charge in [0, 0.05) is 11.6 Å². The van der Waals surface area contributed by atoms with Gasteiger partial charge in [0.15, 0.2) is 0 Å². The van der Waals surface area contributed by atoms with Gasteiger partial charge in [-0.15, -0.1) is 0 Å². The number of hydrogen-bond donors (Lipinski definition) is 1. The summed E-state index contributed by atoms with van der Waals surface area (Å²) < 4.78 is 24.2. The van der Waals surface area contributed by atoms with E-state index in [4.69, 9.17) is 5.84 Å². The Hall–Kier alpha value is -0.670. The van der Waals surface area contributed by atoms with E-state index in [2.05, 4.69) is 5.10 Å². The molecule has 0 radical (unpaired) electrons. The molecule has 0 spiro atoms. The van der Waals surface area contributed by atoms with Crippen molar-refractivity contribution in [3.05, 3.63) is 0 Å². The normalized spacial score (nSPS) is 25.7. The summed E-state index contributed by atoms with van der Waals surface area (Å²) in [6.45, 7) is 0. The van der Waals surface area contributed by atoms with Crippen LogP contribution in [-0.4, -0.2) is 12.1 Å². The Morgan fingerprint density at radius 1 is 1.36 bits per heavy atom. The summed E-state index contributed by atoms with van der Waals surface area (Å²) in [6.07, 6.45) is 0.188. The van der Waals surface area contributed by atoms with Crippen molar-refractivity contribution in [2.24, 2.45) is 16.9 Å². The quantitative estimate of drug-likeness (QED) is 0.463. The van der Waals surface area contributed by atoms with Crippen LogP contribution in [0, 0.1) is 5.92 Å². The van der Waals surface area contributed by atoms with Crippen molar-refractivity contribution in [2.75, 3.05) is 0 Å². The van der Waals surface area contributed by atoms with Crippen LogP contribution in [0.15, 0.2) is 5.10 Å². The second kappa shape index (κ2) is 3.64. The van der Waals surface area contributed by atoms with E-state index in [1.54, 1.807) is 0 Å². The van der Waals surface area contributed by atoms with Gasteiger partial charge in [-0.2, -0.15) is 5.10 Å². The summed E-state index contributed by atoms with van der Waals surface area (Å²) in [5.74, 6) is 4.60. The minimum absolute atomic E-state index is 0.430. The highest BCUT2D eigenvalue weighted by atomic mass is 19.3. The highest BCUT2D eigenvalue weighted by molar-refractivity contribution is 5.84. The summed E-state index contributed by atoms with van der Waals surface area (Å²) >= 11 is 0. The van der Waals surface area contributed by atoms with E-state index >= 15 is 0 Å². The topological polar surface area (TPSA) is 38.4 Å². The van der Waals surface area contributed by atoms with Crippen LogP contribution < -0.4 is 5.84 Å². The maximum atomic E-state index is 12.1. The number of alkyl halides is 2. The van der Waals surface area contributed by atoms with E-state index in [0.29, 0.717) is 25.7 Å². The predicted octanol–water partition coefficient (Wildman–Crippen LogP) is 1.76. The molecule has 0 aromatic carbocycles. The molecule has 1 rings (SSSR count). The van der Waals surface area contributed by atoms with Gasteiger partial charge in [-0.3, -0.25) is 0 Å². The fraction of sp³-hybridized carbons (Fsp3) is 0.857. The van der Waals surface area contributed by atoms with Crippen LogP contribution >= 0.6 is 0 Å². The van der Waals surface area contributed by atoms with Gasteiger partial charge in [-0.1, -0.05) is 0 Å². The average molecular weight is 162 g/mol. The number of nitrogens with zero attached hydrogens (tertiary/aromatic N) is 1. The van der Waals surface area contributed by atoms with E-state index in [-0.39, 0.29) is 0 Å². The molecule has 4 heteroatoms. The van der Waals surface area contributed by atoms with E-state index < -0.39 is 12.3 Å². The van der Waals surface area contributed by atoms with Crippen LogP contribution in [0.25, 0.3) is 0 Å². The van der Waals surface area contributed by atoms with Crippen LogP contribution in [-0.2, 0) is 0 Å². The molecule has 1 aliphatic carbocycles. The van der Waals surface area contributed by atoms with Crippen molar-refractivity contribution in [3.8, 4) is 0 Å². The fourth-order valence-electron chi connectivity index (χ4n) is 1.35. The highest BCUT2D eigenvalue weighted by Gasteiger charge is 2.24. The van der Waals surface area contributed by atoms with Gasteiger partial charge in [0.2, 0.25) is 6.43 Å². The largest absolute Gasteiger partial charge is 0.323 e. The average Bonchev–Trinajstić information content (AvgIpc) is 2.05. The van der Waals surface area contributed by atoms with Crippen LogP contribution in [0.1, 0.15) is 25.7 Å². The van der Waals surface area contributed by atoms with Gasteiger partial charge in [0.05, 0.1) is 0 Å². The summed E-state index contributed by atoms with van der Waals surface area (Å²) in [5, 5.41) is 3.51. The van der Waals surface area contributed by atoms with Gasteiger partial charge in [0.25, 0.3) is 0 Å². The third kappa shape index (κ3) is 2.13. The van der Waals surface area contributed by atoms with Crippen molar-refractivity contribution < 1.29 is 8.78 Å². The SMILES string of the molecule is NN=C1CCC(C(F)F)CC1. The molecular formula is C7H12F2N2. The molecule has 0 heterocycles. The molecule has 2 nitrogen and oxygen atoms in total. The number of hydrazone groups is 1. The zero-order chi connectivity index (χ0) is 8.27. The van der Waals surface area contributed by atoms with Gasteiger partial charge in [0.1, 0.15) is 0 Å². The van der Waals surface area contributed by atoms with Gasteiger partial charge < -0.3 is 5.84 Å². The molecule has 0 aromatic rings. The molecule has 0 aromatic heterocycles. The molecule has 11 heavy (non-hydrogen) atoms. The van der Waals surface area contributed by atoms with Crippen molar-refractivity contribution >= 4 is 5.71 Å². The number of halogens is 2. The van der Waals surface area contributed by atoms with Crippen LogP contribution in [0.4, 0.5) is 8.78 Å². The maximum absolute atomic E-state index is 12.1. The Morgan fingerprint density at radius 2 is 1.91 bits per heavy atom. The molecule has 0 atom stereocenters. The lowest BCUT2D eigenvalue weighted by atomic mass is 9.88. The third-order valence-corrected chi connectivity index (χ3v) is 2.15. The van der Waals surface area contributed by atoms with Crippen LogP contribution in [0.3, 0.4) is 0 Å². The Kier molecular flexibility index (Phi) is 2.79. The van der Waals surface area contributed by atoms with Crippen LogP contribution in [0.5, 0.6) is 0 Å². The summed E-state index contributed by atoms with van der Waals surface area (Å²) in [5.41, 5.74) is 0.877. The Labute approximate surface area is 64.5 Å². The first kappa shape index (κ1) is 8.43. The van der Waals surface area contributed by atoms with Gasteiger partial charge in [-0.25, -0.2) is 8.78 Å². The Morgan fingerprint density at radius 3 is 2.27 bits per heavy atom. The fourth-order valence-corrected chi connectivity index (χ4v) is 1.35. The molecule has 0 unspecified atom stereocenters. The van der Waals surface area contributed by atoms with Crippen LogP contribution in [0.2, 0.25) is 0 Å². The lowest BCUT2D eigenvalue weighted by Crippen LogP contribution is -2.20. The molecule has 64 valence electrons. The summed E-state index contributed by atoms with van der Waals surface area (Å²) in [4.78, 5) is 0. The molecule has 0 aliphatic heterocycles. The van der Waals surface area contributed by atoms with Gasteiger partial charge in [-0.05, 0) is 25.7 Å². The van der Waals surface area contributed by atoms with Gasteiger partial charge >= 0.3 is 0 Å². The summed E-state index contributed by atoms with van der Waals surface area (Å²) in [6, 6.07) is 0. The highest BCUT2D eigenvalue weighted by Crippen LogP contribution is 2.27. The molecule has 0 bridgehead atoms. The molecular weight excluding hydrogens is 150 g/mol. The number of hydrogen-bond acceptors (Lipinski definition) is 2. The molecule has 2 N–H and O–H groups in total. The van der Waals surface area contributed by atoms with E-state index in [9.17, 15) is 8.78 Å². The monoisotopic (exact) mass is 162 g/mol. The lowest BCUT2D eigenvalue weighted by Gasteiger charge is -2.21. The first-order valence-electron chi connectivity index (χ1n) is 3.78. The van der Waals surface area contributed by atoms with E-state index in [1.165, 1.54) is 0 Å². The molecule has 1 fully saturated rings. The van der Waals surface area contributed by atoms with Crippen molar-refractivity contribution in [1.82, 2.24) is 0 Å². The molecule has 0 saturated heterocycles.